The second-order valence-electron chi connectivity index (χ2n) is 7.55. The number of aromatic nitrogens is 2. The van der Waals surface area contributed by atoms with Gasteiger partial charge in [-0.3, -0.25) is 24.0 Å². The fourth-order valence-corrected chi connectivity index (χ4v) is 3.25. The largest absolute Gasteiger partial charge is 0.417 e. The predicted molar refractivity (Wildman–Crippen MR) is 120 cm³/mol. The van der Waals surface area contributed by atoms with Crippen LogP contribution in [0.25, 0.3) is 6.08 Å². The number of hydrogen-bond acceptors (Lipinski definition) is 5. The van der Waals surface area contributed by atoms with Gasteiger partial charge in [0.05, 0.1) is 17.2 Å². The van der Waals surface area contributed by atoms with Crippen LogP contribution in [-0.4, -0.2) is 35.7 Å². The van der Waals surface area contributed by atoms with Crippen LogP contribution < -0.4 is 21.9 Å². The highest BCUT2D eigenvalue weighted by Crippen LogP contribution is 2.35. The van der Waals surface area contributed by atoms with E-state index in [0.717, 1.165) is 33.8 Å². The molecule has 0 bridgehead atoms. The van der Waals surface area contributed by atoms with Gasteiger partial charge in [-0.2, -0.15) is 13.2 Å². The van der Waals surface area contributed by atoms with E-state index in [0.29, 0.717) is 0 Å². The van der Waals surface area contributed by atoms with Gasteiger partial charge in [-0.05, 0) is 29.7 Å². The van der Waals surface area contributed by atoms with Crippen molar-refractivity contribution in [2.24, 2.45) is 5.92 Å². The zero-order valence-electron chi connectivity index (χ0n) is 18.2. The predicted octanol–water partition coefficient (Wildman–Crippen LogP) is 3.14. The zero-order chi connectivity index (χ0) is 24.9. The maximum absolute atomic E-state index is 13.1. The van der Waals surface area contributed by atoms with E-state index in [4.69, 9.17) is 22.1 Å². The van der Waals surface area contributed by atoms with Crippen LogP contribution in [0, 0.1) is 5.92 Å². The molecule has 0 aliphatic rings. The first-order valence-corrected chi connectivity index (χ1v) is 10.2. The maximum Gasteiger partial charge on any atom is 0.417 e. The molecule has 2 aromatic rings. The molecule has 1 aromatic carbocycles. The molecule has 1 heterocycles. The van der Waals surface area contributed by atoms with E-state index in [9.17, 15) is 27.6 Å². The molecule has 180 valence electrons. The summed E-state index contributed by atoms with van der Waals surface area (Å²) in [5.74, 6) is -0.942. The van der Waals surface area contributed by atoms with Crippen molar-refractivity contribution in [1.29, 1.82) is 0 Å². The Kier molecular flexibility index (Phi) is 8.51. The van der Waals surface area contributed by atoms with Crippen molar-refractivity contribution in [3.63, 3.8) is 0 Å². The lowest BCUT2D eigenvalue weighted by Gasteiger charge is -2.23. The smallest absolute Gasteiger partial charge is 0.383 e. The molecule has 0 radical (unpaired) electrons. The van der Waals surface area contributed by atoms with E-state index in [-0.39, 0.29) is 42.7 Å². The van der Waals surface area contributed by atoms with E-state index < -0.39 is 33.9 Å². The summed E-state index contributed by atoms with van der Waals surface area (Å²) in [6.07, 6.45) is -2.51. The van der Waals surface area contributed by atoms with Crippen molar-refractivity contribution in [1.82, 2.24) is 9.55 Å². The molecular weight excluding hydrogens is 465 g/mol. The number of carbonyl (C=O) groups is 1. The first-order chi connectivity index (χ1) is 15.4. The fraction of sp³-hybridized carbons (Fsp3) is 0.381. The first kappa shape index (κ1) is 26.2. The van der Waals surface area contributed by atoms with E-state index in [2.05, 4.69) is 4.98 Å². The Hall–Kier alpha value is -3.05. The highest BCUT2D eigenvalue weighted by atomic mass is 35.5. The number of H-pyrrole nitrogens is 1. The first-order valence-electron chi connectivity index (χ1n) is 9.84. The number of ether oxygens (including phenoxy) is 1. The molecule has 2 rings (SSSR count). The van der Waals surface area contributed by atoms with Gasteiger partial charge in [0.25, 0.3) is 11.5 Å². The number of benzene rings is 1. The fourth-order valence-electron chi connectivity index (χ4n) is 3.02. The second kappa shape index (κ2) is 10.7. The Morgan fingerprint density at radius 3 is 2.58 bits per heavy atom. The minimum absolute atomic E-state index is 0.0134. The van der Waals surface area contributed by atoms with Crippen LogP contribution >= 0.6 is 11.6 Å². The topological polar surface area (TPSA) is 110 Å². The van der Waals surface area contributed by atoms with Crippen molar-refractivity contribution < 1.29 is 22.7 Å². The van der Waals surface area contributed by atoms with Crippen LogP contribution in [0.4, 0.5) is 24.7 Å². The van der Waals surface area contributed by atoms with Gasteiger partial charge in [0.2, 0.25) is 0 Å². The van der Waals surface area contributed by atoms with Crippen LogP contribution in [-0.2, 0) is 22.3 Å². The Morgan fingerprint density at radius 1 is 1.33 bits per heavy atom. The SMILES string of the molecule is COCCN(C(=O)/C=C/c1ccc(Cl)c(C(F)(F)F)c1)c1c(N)n(CC(C)C)c(=O)[nH]c1=O. The second-order valence-corrected chi connectivity index (χ2v) is 7.96. The zero-order valence-corrected chi connectivity index (χ0v) is 19.0. The highest BCUT2D eigenvalue weighted by molar-refractivity contribution is 6.31. The van der Waals surface area contributed by atoms with Gasteiger partial charge < -0.3 is 10.5 Å². The Labute approximate surface area is 192 Å². The molecule has 0 atom stereocenters. The minimum Gasteiger partial charge on any atom is -0.383 e. The molecule has 1 amide bonds. The summed E-state index contributed by atoms with van der Waals surface area (Å²) in [5, 5.41) is -0.473. The van der Waals surface area contributed by atoms with Gasteiger partial charge in [-0.1, -0.05) is 31.5 Å². The lowest BCUT2D eigenvalue weighted by atomic mass is 10.1. The summed E-state index contributed by atoms with van der Waals surface area (Å²) in [6.45, 7) is 3.81. The van der Waals surface area contributed by atoms with Gasteiger partial charge in [0.1, 0.15) is 5.82 Å². The average molecular weight is 489 g/mol. The van der Waals surface area contributed by atoms with Crippen molar-refractivity contribution in [2.45, 2.75) is 26.6 Å². The number of methoxy groups -OCH3 is 1. The average Bonchev–Trinajstić information content (AvgIpc) is 2.71. The van der Waals surface area contributed by atoms with Crippen LogP contribution in [0.2, 0.25) is 5.02 Å². The summed E-state index contributed by atoms with van der Waals surface area (Å²) in [5.41, 5.74) is 3.26. The normalized spacial score (nSPS) is 12.0. The quantitative estimate of drug-likeness (QED) is 0.555. The van der Waals surface area contributed by atoms with Crippen LogP contribution in [0.15, 0.2) is 33.9 Å². The Morgan fingerprint density at radius 2 is 2.00 bits per heavy atom. The summed E-state index contributed by atoms with van der Waals surface area (Å²) >= 11 is 5.62. The Bertz CT molecular complexity index is 1160. The van der Waals surface area contributed by atoms with Crippen LogP contribution in [0.3, 0.4) is 0 Å². The molecule has 1 aromatic heterocycles. The monoisotopic (exact) mass is 488 g/mol. The van der Waals surface area contributed by atoms with Gasteiger partial charge in [-0.15, -0.1) is 0 Å². The molecular formula is C21H24ClF3N4O4. The Balaban J connectivity index is 2.49. The molecule has 0 unspecified atom stereocenters. The molecule has 0 saturated carbocycles. The number of anilines is 2. The minimum atomic E-state index is -4.67. The van der Waals surface area contributed by atoms with E-state index >= 15 is 0 Å². The van der Waals surface area contributed by atoms with Gasteiger partial charge in [0.15, 0.2) is 5.69 Å². The number of alkyl halides is 3. The van der Waals surface area contributed by atoms with Gasteiger partial charge >= 0.3 is 11.9 Å². The third-order valence-electron chi connectivity index (χ3n) is 4.53. The van der Waals surface area contributed by atoms with Gasteiger partial charge in [0, 0.05) is 26.3 Å². The molecule has 33 heavy (non-hydrogen) atoms. The third kappa shape index (κ3) is 6.48. The number of halogens is 4. The molecule has 0 aliphatic carbocycles. The van der Waals surface area contributed by atoms with Crippen molar-refractivity contribution >= 4 is 35.1 Å². The summed E-state index contributed by atoms with van der Waals surface area (Å²) < 4.78 is 45.4. The lowest BCUT2D eigenvalue weighted by Crippen LogP contribution is -2.42. The lowest BCUT2D eigenvalue weighted by molar-refractivity contribution is -0.137. The number of nitrogens with one attached hydrogen (secondary N) is 1. The summed E-state index contributed by atoms with van der Waals surface area (Å²) in [7, 11) is 1.39. The summed E-state index contributed by atoms with van der Waals surface area (Å²) in [4.78, 5) is 40.8. The standard InChI is InChI=1S/C21H24ClF3N4O4/c1-12(2)11-29-18(26)17(19(31)27-20(29)32)28(8-9-33-3)16(30)7-5-13-4-6-15(22)14(10-13)21(23,24)25/h4-7,10,12H,8-9,11,26H2,1-3H3,(H,27,31,32)/b7-5+. The molecule has 8 nitrogen and oxygen atoms in total. The number of nitrogens with two attached hydrogens (primary N) is 1. The number of hydrogen-bond donors (Lipinski definition) is 2. The third-order valence-corrected chi connectivity index (χ3v) is 4.86. The van der Waals surface area contributed by atoms with Gasteiger partial charge in [-0.25, -0.2) is 4.79 Å². The number of nitrogen functional groups attached to an aromatic ring is 1. The molecule has 0 spiro atoms. The molecule has 0 aliphatic heterocycles. The van der Waals surface area contributed by atoms with Crippen molar-refractivity contribution in [3.05, 3.63) is 61.3 Å². The van der Waals surface area contributed by atoms with E-state index in [1.54, 1.807) is 0 Å². The molecule has 3 N–H and O–H groups in total. The number of carbonyl (C=O) groups excluding carboxylic acids is 1. The van der Waals surface area contributed by atoms with Crippen molar-refractivity contribution in [2.75, 3.05) is 30.9 Å². The maximum atomic E-state index is 13.1. The van der Waals surface area contributed by atoms with E-state index in [1.165, 1.54) is 13.2 Å². The summed E-state index contributed by atoms with van der Waals surface area (Å²) in [6, 6.07) is 3.18. The van der Waals surface area contributed by atoms with Crippen molar-refractivity contribution in [3.8, 4) is 0 Å². The molecule has 12 heteroatoms. The molecule has 0 fully saturated rings. The number of amides is 1. The van der Waals surface area contributed by atoms with E-state index in [1.807, 2.05) is 13.8 Å². The number of aromatic amines is 1. The van der Waals surface area contributed by atoms with Crippen LogP contribution in [0.5, 0.6) is 0 Å². The van der Waals surface area contributed by atoms with Crippen LogP contribution in [0.1, 0.15) is 25.0 Å². The molecule has 0 saturated heterocycles. The highest BCUT2D eigenvalue weighted by Gasteiger charge is 2.33. The number of nitrogens with zero attached hydrogens (tertiary/aromatic N) is 2. The number of rotatable bonds is 8.